The average Bonchev–Trinajstić information content (AvgIpc) is 2.12. The van der Waals surface area contributed by atoms with Crippen molar-refractivity contribution in [1.29, 1.82) is 0 Å². The Bertz CT molecular complexity index is 310. The molecule has 0 atom stereocenters. The molecule has 0 saturated carbocycles. The number of nitrogens with one attached hydrogen (secondary N) is 1. The maximum atomic E-state index is 5.39. The van der Waals surface area contributed by atoms with Crippen LogP contribution < -0.4 is 5.32 Å². The van der Waals surface area contributed by atoms with Crippen molar-refractivity contribution in [2.75, 3.05) is 11.9 Å². The van der Waals surface area contributed by atoms with Crippen molar-refractivity contribution in [3.8, 4) is 0 Å². The molecule has 1 rings (SSSR count). The van der Waals surface area contributed by atoms with Crippen molar-refractivity contribution in [2.24, 2.45) is 0 Å². The summed E-state index contributed by atoms with van der Waals surface area (Å²) < 4.78 is 1.12. The SMILES string of the molecule is Cc1ccc(NC/C=C/Cl)cc1Br. The fraction of sp³-hybridized carbons (Fsp3) is 0.200. The Morgan fingerprint density at radius 1 is 1.54 bits per heavy atom. The number of benzene rings is 1. The molecule has 1 aromatic carbocycles. The molecule has 70 valence electrons. The summed E-state index contributed by atoms with van der Waals surface area (Å²) in [6.45, 7) is 2.81. The molecule has 0 heterocycles. The molecular formula is C10H11BrClN. The highest BCUT2D eigenvalue weighted by Crippen LogP contribution is 2.20. The number of hydrogen-bond donors (Lipinski definition) is 1. The van der Waals surface area contributed by atoms with Gasteiger partial charge in [0.05, 0.1) is 0 Å². The van der Waals surface area contributed by atoms with E-state index < -0.39 is 0 Å². The Morgan fingerprint density at radius 3 is 2.92 bits per heavy atom. The fourth-order valence-corrected chi connectivity index (χ4v) is 1.39. The van der Waals surface area contributed by atoms with Crippen molar-refractivity contribution in [2.45, 2.75) is 6.92 Å². The summed E-state index contributed by atoms with van der Waals surface area (Å²) in [6, 6.07) is 6.16. The number of rotatable bonds is 3. The maximum absolute atomic E-state index is 5.39. The first-order chi connectivity index (χ1) is 6.24. The van der Waals surface area contributed by atoms with E-state index in [4.69, 9.17) is 11.6 Å². The summed E-state index contributed by atoms with van der Waals surface area (Å²) >= 11 is 8.87. The van der Waals surface area contributed by atoms with Crippen molar-refractivity contribution >= 4 is 33.2 Å². The Hall–Kier alpha value is -0.470. The minimum atomic E-state index is 0.749. The molecule has 3 heteroatoms. The molecule has 0 bridgehead atoms. The third-order valence-corrected chi connectivity index (χ3v) is 2.72. The summed E-state index contributed by atoms with van der Waals surface area (Å²) in [5.74, 6) is 0. The van der Waals surface area contributed by atoms with Crippen LogP contribution in [0, 0.1) is 6.92 Å². The smallest absolute Gasteiger partial charge is 0.0354 e. The lowest BCUT2D eigenvalue weighted by molar-refractivity contribution is 1.32. The van der Waals surface area contributed by atoms with Gasteiger partial charge in [-0.3, -0.25) is 0 Å². The zero-order valence-electron chi connectivity index (χ0n) is 7.35. The second-order valence-electron chi connectivity index (χ2n) is 2.71. The van der Waals surface area contributed by atoms with E-state index in [0.29, 0.717) is 0 Å². The number of aryl methyl sites for hydroxylation is 1. The van der Waals surface area contributed by atoms with E-state index in [9.17, 15) is 0 Å². The molecule has 0 amide bonds. The molecule has 0 unspecified atom stereocenters. The van der Waals surface area contributed by atoms with Crippen LogP contribution in [-0.2, 0) is 0 Å². The van der Waals surface area contributed by atoms with Gasteiger partial charge in [0.15, 0.2) is 0 Å². The molecule has 0 fully saturated rings. The zero-order chi connectivity index (χ0) is 9.68. The van der Waals surface area contributed by atoms with Crippen molar-refractivity contribution in [3.63, 3.8) is 0 Å². The minimum Gasteiger partial charge on any atom is -0.382 e. The molecular weight excluding hydrogens is 249 g/mol. The third kappa shape index (κ3) is 3.41. The van der Waals surface area contributed by atoms with Gasteiger partial charge in [-0.25, -0.2) is 0 Å². The van der Waals surface area contributed by atoms with Gasteiger partial charge in [0.2, 0.25) is 0 Å². The van der Waals surface area contributed by atoms with Gasteiger partial charge in [-0.15, -0.1) is 0 Å². The second-order valence-corrected chi connectivity index (χ2v) is 3.81. The molecule has 1 N–H and O–H groups in total. The van der Waals surface area contributed by atoms with Crippen LogP contribution in [0.15, 0.2) is 34.3 Å². The van der Waals surface area contributed by atoms with Crippen LogP contribution in [0.2, 0.25) is 0 Å². The molecule has 0 radical (unpaired) electrons. The monoisotopic (exact) mass is 259 g/mol. The van der Waals surface area contributed by atoms with Gasteiger partial charge in [-0.2, -0.15) is 0 Å². The van der Waals surface area contributed by atoms with Gasteiger partial charge < -0.3 is 5.32 Å². The maximum Gasteiger partial charge on any atom is 0.0354 e. The normalized spacial score (nSPS) is 10.7. The lowest BCUT2D eigenvalue weighted by atomic mass is 10.2. The van der Waals surface area contributed by atoms with E-state index in [2.05, 4.69) is 40.3 Å². The molecule has 0 spiro atoms. The highest BCUT2D eigenvalue weighted by Gasteiger charge is 1.95. The highest BCUT2D eigenvalue weighted by molar-refractivity contribution is 9.10. The molecule has 0 aliphatic heterocycles. The summed E-state index contributed by atoms with van der Waals surface area (Å²) in [7, 11) is 0. The van der Waals surface area contributed by atoms with Crippen LogP contribution in [0.3, 0.4) is 0 Å². The summed E-state index contributed by atoms with van der Waals surface area (Å²) in [5, 5.41) is 3.21. The van der Waals surface area contributed by atoms with Crippen molar-refractivity contribution in [3.05, 3.63) is 39.8 Å². The lowest BCUT2D eigenvalue weighted by Gasteiger charge is -2.04. The molecule has 0 saturated heterocycles. The van der Waals surface area contributed by atoms with Gasteiger partial charge >= 0.3 is 0 Å². The standard InChI is InChI=1S/C10H11BrClN/c1-8-3-4-9(7-10(8)11)13-6-2-5-12/h2-5,7,13H,6H2,1H3/b5-2+. The Balaban J connectivity index is 2.63. The quantitative estimate of drug-likeness (QED) is 0.868. The van der Waals surface area contributed by atoms with E-state index in [0.717, 1.165) is 16.7 Å². The van der Waals surface area contributed by atoms with Gasteiger partial charge in [0.25, 0.3) is 0 Å². The van der Waals surface area contributed by atoms with E-state index in [1.54, 1.807) is 0 Å². The van der Waals surface area contributed by atoms with E-state index in [1.165, 1.54) is 11.1 Å². The summed E-state index contributed by atoms with van der Waals surface area (Å²) in [5.41, 5.74) is 3.83. The largest absolute Gasteiger partial charge is 0.382 e. The molecule has 1 aromatic rings. The fourth-order valence-electron chi connectivity index (χ4n) is 0.924. The minimum absolute atomic E-state index is 0.749. The topological polar surface area (TPSA) is 12.0 Å². The number of halogens is 2. The van der Waals surface area contributed by atoms with Crippen LogP contribution in [0.1, 0.15) is 5.56 Å². The number of hydrogen-bond acceptors (Lipinski definition) is 1. The van der Waals surface area contributed by atoms with E-state index >= 15 is 0 Å². The number of anilines is 1. The van der Waals surface area contributed by atoms with Crippen molar-refractivity contribution in [1.82, 2.24) is 0 Å². The molecule has 0 aliphatic rings. The van der Waals surface area contributed by atoms with Gasteiger partial charge in [0.1, 0.15) is 0 Å². The molecule has 0 aromatic heterocycles. The van der Waals surface area contributed by atoms with Crippen LogP contribution in [0.4, 0.5) is 5.69 Å². The van der Waals surface area contributed by atoms with Crippen LogP contribution in [0.5, 0.6) is 0 Å². The van der Waals surface area contributed by atoms with Crippen LogP contribution in [0.25, 0.3) is 0 Å². The van der Waals surface area contributed by atoms with Crippen LogP contribution in [-0.4, -0.2) is 6.54 Å². The first kappa shape index (κ1) is 10.6. The second kappa shape index (κ2) is 5.30. The molecule has 13 heavy (non-hydrogen) atoms. The Morgan fingerprint density at radius 2 is 2.31 bits per heavy atom. The Kier molecular flexibility index (Phi) is 4.33. The lowest BCUT2D eigenvalue weighted by Crippen LogP contribution is -1.97. The first-order valence-electron chi connectivity index (χ1n) is 3.99. The van der Waals surface area contributed by atoms with Gasteiger partial charge in [-0.1, -0.05) is 39.7 Å². The predicted octanol–water partition coefficient (Wildman–Crippen LogP) is 3.92. The summed E-state index contributed by atoms with van der Waals surface area (Å²) in [4.78, 5) is 0. The van der Waals surface area contributed by atoms with E-state index in [-0.39, 0.29) is 0 Å². The predicted molar refractivity (Wildman–Crippen MR) is 62.4 cm³/mol. The first-order valence-corrected chi connectivity index (χ1v) is 5.22. The third-order valence-electron chi connectivity index (χ3n) is 1.68. The van der Waals surface area contributed by atoms with Gasteiger partial charge in [-0.05, 0) is 24.6 Å². The highest BCUT2D eigenvalue weighted by atomic mass is 79.9. The van der Waals surface area contributed by atoms with Crippen LogP contribution >= 0.6 is 27.5 Å². The molecule has 0 aliphatic carbocycles. The Labute approximate surface area is 91.9 Å². The van der Waals surface area contributed by atoms with E-state index in [1.807, 2.05) is 12.1 Å². The average molecular weight is 261 g/mol. The zero-order valence-corrected chi connectivity index (χ0v) is 9.69. The van der Waals surface area contributed by atoms with Crippen molar-refractivity contribution < 1.29 is 0 Å². The summed E-state index contributed by atoms with van der Waals surface area (Å²) in [6.07, 6.45) is 1.86. The molecule has 1 nitrogen and oxygen atoms in total. The van der Waals surface area contributed by atoms with Gasteiger partial charge in [0, 0.05) is 22.2 Å².